The number of hydrogen-bond acceptors (Lipinski definition) is 5. The molecular formula is C16H14F3N3O3S. The lowest BCUT2D eigenvalue weighted by molar-refractivity contribution is -0.227. The van der Waals surface area contributed by atoms with Gasteiger partial charge in [-0.3, -0.25) is 14.6 Å². The Labute approximate surface area is 150 Å². The average Bonchev–Trinajstić information content (AvgIpc) is 3.23. The zero-order chi connectivity index (χ0) is 18.9. The first kappa shape index (κ1) is 18.3. The summed E-state index contributed by atoms with van der Waals surface area (Å²) in [5, 5.41) is 11.4. The number of hydrogen-bond donors (Lipinski definition) is 1. The van der Waals surface area contributed by atoms with Gasteiger partial charge in [-0.2, -0.15) is 13.2 Å². The van der Waals surface area contributed by atoms with Crippen molar-refractivity contribution in [3.05, 3.63) is 35.6 Å². The number of pyridine rings is 1. The fourth-order valence-corrected chi connectivity index (χ4v) is 3.64. The highest BCUT2D eigenvalue weighted by molar-refractivity contribution is 7.13. The summed E-state index contributed by atoms with van der Waals surface area (Å²) in [5.74, 6) is -2.52. The highest BCUT2D eigenvalue weighted by Gasteiger charge is 2.64. The molecule has 0 radical (unpaired) electrons. The Bertz CT molecular complexity index is 825. The van der Waals surface area contributed by atoms with Crippen molar-refractivity contribution >= 4 is 23.2 Å². The third-order valence-corrected chi connectivity index (χ3v) is 5.31. The summed E-state index contributed by atoms with van der Waals surface area (Å²) in [5.41, 5.74) is -1.69. The molecule has 1 amide bonds. The van der Waals surface area contributed by atoms with E-state index in [-0.39, 0.29) is 13.0 Å². The number of alkyl halides is 3. The number of aliphatic carboxylic acids is 1. The van der Waals surface area contributed by atoms with Crippen molar-refractivity contribution in [2.75, 3.05) is 13.1 Å². The number of rotatable bonds is 4. The zero-order valence-corrected chi connectivity index (χ0v) is 14.2. The molecule has 1 saturated heterocycles. The van der Waals surface area contributed by atoms with Crippen molar-refractivity contribution in [1.82, 2.24) is 14.9 Å². The summed E-state index contributed by atoms with van der Waals surface area (Å²) in [4.78, 5) is 32.7. The number of thiazole rings is 1. The molecule has 1 unspecified atom stereocenters. The smallest absolute Gasteiger partial charge is 0.406 e. The number of carbonyl (C=O) groups excluding carboxylic acids is 1. The van der Waals surface area contributed by atoms with Crippen LogP contribution in [-0.4, -0.2) is 51.1 Å². The summed E-state index contributed by atoms with van der Waals surface area (Å²) >= 11 is 1.30. The minimum Gasteiger partial charge on any atom is -0.481 e. The van der Waals surface area contributed by atoms with Crippen LogP contribution in [0.2, 0.25) is 0 Å². The second kappa shape index (κ2) is 6.67. The predicted octanol–water partition coefficient (Wildman–Crippen LogP) is 2.61. The third kappa shape index (κ3) is 3.28. The van der Waals surface area contributed by atoms with Crippen LogP contribution in [-0.2, 0) is 16.0 Å². The van der Waals surface area contributed by atoms with Gasteiger partial charge in [-0.05, 0) is 18.6 Å². The SMILES string of the molecule is O=C(Cc1csc(-c2cccnc2)n1)N1CCC(C(=O)O)(C(F)(F)F)C1. The van der Waals surface area contributed by atoms with E-state index >= 15 is 0 Å². The first-order valence-electron chi connectivity index (χ1n) is 7.66. The minimum atomic E-state index is -4.91. The number of carbonyl (C=O) groups is 2. The molecule has 6 nitrogen and oxygen atoms in total. The van der Waals surface area contributed by atoms with Gasteiger partial charge in [0.05, 0.1) is 12.1 Å². The van der Waals surface area contributed by atoms with Crippen molar-refractivity contribution in [2.45, 2.75) is 19.0 Å². The Morgan fingerprint density at radius 1 is 1.38 bits per heavy atom. The van der Waals surface area contributed by atoms with E-state index < -0.39 is 36.4 Å². The fourth-order valence-electron chi connectivity index (χ4n) is 2.83. The van der Waals surface area contributed by atoms with Crippen molar-refractivity contribution in [2.24, 2.45) is 5.41 Å². The average molecular weight is 385 g/mol. The third-order valence-electron chi connectivity index (χ3n) is 4.37. The van der Waals surface area contributed by atoms with Crippen LogP contribution in [0.3, 0.4) is 0 Å². The summed E-state index contributed by atoms with van der Waals surface area (Å²) < 4.78 is 39.6. The number of aromatic nitrogens is 2. The molecule has 26 heavy (non-hydrogen) atoms. The molecule has 2 aromatic heterocycles. The highest BCUT2D eigenvalue weighted by Crippen LogP contribution is 2.45. The number of carboxylic acids is 1. The molecule has 1 aliphatic heterocycles. The lowest BCUT2D eigenvalue weighted by Crippen LogP contribution is -2.47. The van der Waals surface area contributed by atoms with E-state index in [0.717, 1.165) is 10.5 Å². The van der Waals surface area contributed by atoms with Gasteiger partial charge in [-0.25, -0.2) is 4.98 Å². The van der Waals surface area contributed by atoms with E-state index in [2.05, 4.69) is 9.97 Å². The van der Waals surface area contributed by atoms with Gasteiger partial charge in [0.15, 0.2) is 5.41 Å². The Morgan fingerprint density at radius 2 is 2.15 bits per heavy atom. The molecule has 1 fully saturated rings. The van der Waals surface area contributed by atoms with Crippen LogP contribution in [0, 0.1) is 5.41 Å². The normalized spacial score (nSPS) is 20.3. The van der Waals surface area contributed by atoms with Gasteiger partial charge < -0.3 is 10.0 Å². The molecule has 0 aliphatic carbocycles. The zero-order valence-electron chi connectivity index (χ0n) is 13.4. The largest absolute Gasteiger partial charge is 0.481 e. The molecule has 0 saturated carbocycles. The van der Waals surface area contributed by atoms with Gasteiger partial charge >= 0.3 is 12.1 Å². The van der Waals surface area contributed by atoms with E-state index in [1.54, 1.807) is 23.8 Å². The number of halogens is 3. The molecule has 2 aromatic rings. The first-order chi connectivity index (χ1) is 12.2. The molecule has 1 aliphatic rings. The quantitative estimate of drug-likeness (QED) is 0.875. The molecule has 1 atom stereocenters. The molecule has 0 aromatic carbocycles. The van der Waals surface area contributed by atoms with Gasteiger partial charge in [-0.1, -0.05) is 0 Å². The highest BCUT2D eigenvalue weighted by atomic mass is 32.1. The molecule has 3 heterocycles. The lowest BCUT2D eigenvalue weighted by Gasteiger charge is -2.27. The second-order valence-electron chi connectivity index (χ2n) is 6.01. The molecule has 138 valence electrons. The van der Waals surface area contributed by atoms with Gasteiger partial charge in [0.1, 0.15) is 5.01 Å². The molecule has 10 heteroatoms. The predicted molar refractivity (Wildman–Crippen MR) is 86.4 cm³/mol. The Hall–Kier alpha value is -2.49. The van der Waals surface area contributed by atoms with Crippen LogP contribution in [0.25, 0.3) is 10.6 Å². The van der Waals surface area contributed by atoms with Crippen LogP contribution in [0.5, 0.6) is 0 Å². The molecule has 3 rings (SSSR count). The summed E-state index contributed by atoms with van der Waals surface area (Å²) in [6.45, 7) is -1.12. The molecule has 1 N–H and O–H groups in total. The molecular weight excluding hydrogens is 371 g/mol. The number of nitrogens with zero attached hydrogens (tertiary/aromatic N) is 3. The number of carboxylic acid groups (broad SMARTS) is 1. The van der Waals surface area contributed by atoms with Gasteiger partial charge in [0.2, 0.25) is 5.91 Å². The molecule has 0 bridgehead atoms. The Morgan fingerprint density at radius 3 is 2.73 bits per heavy atom. The van der Waals surface area contributed by atoms with Crippen LogP contribution >= 0.6 is 11.3 Å². The topological polar surface area (TPSA) is 83.4 Å². The van der Waals surface area contributed by atoms with Gasteiger partial charge in [-0.15, -0.1) is 11.3 Å². The number of likely N-dealkylation sites (tertiary alicyclic amines) is 1. The van der Waals surface area contributed by atoms with Crippen LogP contribution < -0.4 is 0 Å². The standard InChI is InChI=1S/C16H14F3N3O3S/c17-16(18,19)15(14(24)25)3-5-22(9-15)12(23)6-11-8-26-13(21-11)10-2-1-4-20-7-10/h1-2,4,7-8H,3,5-6,9H2,(H,24,25). The van der Waals surface area contributed by atoms with Gasteiger partial charge in [0, 0.05) is 36.4 Å². The van der Waals surface area contributed by atoms with Crippen LogP contribution in [0.4, 0.5) is 13.2 Å². The maximum Gasteiger partial charge on any atom is 0.406 e. The first-order valence-corrected chi connectivity index (χ1v) is 8.53. The van der Waals surface area contributed by atoms with Crippen LogP contribution in [0.1, 0.15) is 12.1 Å². The van der Waals surface area contributed by atoms with Crippen molar-refractivity contribution in [3.8, 4) is 10.6 Å². The van der Waals surface area contributed by atoms with Crippen molar-refractivity contribution in [3.63, 3.8) is 0 Å². The van der Waals surface area contributed by atoms with Crippen molar-refractivity contribution in [1.29, 1.82) is 0 Å². The molecule has 0 spiro atoms. The fraction of sp³-hybridized carbons (Fsp3) is 0.375. The lowest BCUT2D eigenvalue weighted by atomic mass is 9.86. The maximum absolute atomic E-state index is 13.2. The van der Waals surface area contributed by atoms with Crippen LogP contribution in [0.15, 0.2) is 29.9 Å². The summed E-state index contributed by atoms with van der Waals surface area (Å²) in [6, 6.07) is 3.55. The Kier molecular flexibility index (Phi) is 4.70. The van der Waals surface area contributed by atoms with E-state index in [1.165, 1.54) is 11.3 Å². The Balaban J connectivity index is 1.70. The summed E-state index contributed by atoms with van der Waals surface area (Å²) in [6.07, 6.45) is -2.50. The number of amides is 1. The second-order valence-corrected chi connectivity index (χ2v) is 6.87. The van der Waals surface area contributed by atoms with E-state index in [0.29, 0.717) is 10.7 Å². The van der Waals surface area contributed by atoms with E-state index in [1.807, 2.05) is 6.07 Å². The van der Waals surface area contributed by atoms with E-state index in [4.69, 9.17) is 5.11 Å². The van der Waals surface area contributed by atoms with Crippen molar-refractivity contribution < 1.29 is 27.9 Å². The minimum absolute atomic E-state index is 0.176. The monoisotopic (exact) mass is 385 g/mol. The van der Waals surface area contributed by atoms with Gasteiger partial charge in [0.25, 0.3) is 0 Å². The summed E-state index contributed by atoms with van der Waals surface area (Å²) in [7, 11) is 0. The maximum atomic E-state index is 13.2. The van der Waals surface area contributed by atoms with E-state index in [9.17, 15) is 22.8 Å².